The summed E-state index contributed by atoms with van der Waals surface area (Å²) in [5, 5.41) is 3.86. The molecule has 6 heteroatoms. The Morgan fingerprint density at radius 3 is 1.12 bits per heavy atom. The zero-order chi connectivity index (χ0) is 24.9. The topological polar surface area (TPSA) is 27.7 Å². The third-order valence-electron chi connectivity index (χ3n) is 6.39. The van der Waals surface area contributed by atoms with Gasteiger partial charge in [-0.1, -0.05) is 91.0 Å². The lowest BCUT2D eigenvalue weighted by Crippen LogP contribution is -2.58. The molecule has 0 aromatic heterocycles. The van der Waals surface area contributed by atoms with Gasteiger partial charge < -0.3 is 13.3 Å². The molecule has 0 aliphatic heterocycles. The van der Waals surface area contributed by atoms with Gasteiger partial charge in [0.05, 0.1) is 18.8 Å². The number of rotatable bonds is 11. The molecule has 0 fully saturated rings. The van der Waals surface area contributed by atoms with Crippen molar-refractivity contribution in [2.75, 3.05) is 13.2 Å². The third kappa shape index (κ3) is 7.10. The molecular formula is C28H40O3Si3. The molecule has 0 aliphatic rings. The van der Waals surface area contributed by atoms with E-state index in [2.05, 4.69) is 137 Å². The van der Waals surface area contributed by atoms with Crippen LogP contribution in [0.2, 0.25) is 39.3 Å². The summed E-state index contributed by atoms with van der Waals surface area (Å²) in [7, 11) is -6.38. The summed E-state index contributed by atoms with van der Waals surface area (Å²) < 4.78 is 20.4. The molecule has 182 valence electrons. The predicted octanol–water partition coefficient (Wildman–Crippen LogP) is 5.13. The summed E-state index contributed by atoms with van der Waals surface area (Å²) in [6.45, 7) is 16.7. The van der Waals surface area contributed by atoms with Crippen molar-refractivity contribution in [2.24, 2.45) is 0 Å². The lowest BCUT2D eigenvalue weighted by atomic mass is 10.1. The van der Waals surface area contributed by atoms with Crippen LogP contribution in [0, 0.1) is 0 Å². The van der Waals surface area contributed by atoms with E-state index < -0.39 is 30.6 Å². The molecule has 3 rings (SSSR count). The lowest BCUT2D eigenvalue weighted by molar-refractivity contribution is -0.0120. The highest BCUT2D eigenvalue weighted by atomic mass is 28.4. The zero-order valence-corrected chi connectivity index (χ0v) is 24.8. The van der Waals surface area contributed by atoms with Crippen LogP contribution in [0.4, 0.5) is 0 Å². The Morgan fingerprint density at radius 2 is 0.794 bits per heavy atom. The van der Waals surface area contributed by atoms with Crippen molar-refractivity contribution in [1.82, 2.24) is 0 Å². The molecule has 0 amide bonds. The maximum Gasteiger partial charge on any atom is 0.219 e. The van der Waals surface area contributed by atoms with E-state index in [1.165, 1.54) is 15.6 Å². The van der Waals surface area contributed by atoms with Crippen LogP contribution in [0.1, 0.15) is 6.92 Å². The second kappa shape index (κ2) is 10.8. The zero-order valence-electron chi connectivity index (χ0n) is 21.8. The SMILES string of the molecule is CC(CO[Si](C)(C)c1ccccc1)(CO[Si](C)(C)c1ccccc1)O[Si](C)(C)c1ccccc1. The van der Waals surface area contributed by atoms with Crippen LogP contribution in [0.3, 0.4) is 0 Å². The van der Waals surface area contributed by atoms with E-state index in [1.807, 2.05) is 0 Å². The molecule has 3 nitrogen and oxygen atoms in total. The molecule has 0 atom stereocenters. The first-order valence-electron chi connectivity index (χ1n) is 12.1. The summed E-state index contributed by atoms with van der Waals surface area (Å²) >= 11 is 0. The van der Waals surface area contributed by atoms with Gasteiger partial charge in [-0.15, -0.1) is 0 Å². The first-order chi connectivity index (χ1) is 15.9. The first kappa shape index (κ1) is 26.8. The van der Waals surface area contributed by atoms with Crippen LogP contribution in [0.5, 0.6) is 0 Å². The Balaban J connectivity index is 1.83. The van der Waals surface area contributed by atoms with Crippen molar-refractivity contribution >= 4 is 40.5 Å². The Bertz CT molecular complexity index is 967. The standard InChI is InChI=1S/C28H40O3Si3/c1-28(31-34(6,7)27-21-15-10-16-22-27,23-29-32(2,3)25-17-11-8-12-18-25)24-30-33(4,5)26-19-13-9-14-20-26/h8-22H,23-24H2,1-7H3. The van der Waals surface area contributed by atoms with Gasteiger partial charge in [0.15, 0.2) is 0 Å². The fraction of sp³-hybridized carbons (Fsp3) is 0.357. The number of hydrogen-bond acceptors (Lipinski definition) is 3. The molecule has 0 radical (unpaired) electrons. The molecule has 34 heavy (non-hydrogen) atoms. The van der Waals surface area contributed by atoms with Crippen LogP contribution < -0.4 is 15.6 Å². The third-order valence-corrected chi connectivity index (χ3v) is 14.3. The minimum atomic E-state index is -2.20. The molecule has 0 bridgehead atoms. The van der Waals surface area contributed by atoms with Crippen LogP contribution >= 0.6 is 0 Å². The minimum Gasteiger partial charge on any atom is -0.410 e. The van der Waals surface area contributed by atoms with Crippen molar-refractivity contribution in [3.8, 4) is 0 Å². The van der Waals surface area contributed by atoms with Crippen LogP contribution in [0.15, 0.2) is 91.0 Å². The predicted molar refractivity (Wildman–Crippen MR) is 152 cm³/mol. The van der Waals surface area contributed by atoms with Crippen molar-refractivity contribution in [3.05, 3.63) is 91.0 Å². The highest BCUT2D eigenvalue weighted by Gasteiger charge is 2.40. The molecule has 0 spiro atoms. The van der Waals surface area contributed by atoms with Crippen LogP contribution in [-0.4, -0.2) is 43.8 Å². The van der Waals surface area contributed by atoms with Crippen molar-refractivity contribution < 1.29 is 13.3 Å². The van der Waals surface area contributed by atoms with Crippen LogP contribution in [-0.2, 0) is 13.3 Å². The van der Waals surface area contributed by atoms with E-state index in [0.717, 1.165) is 0 Å². The number of hydrogen-bond donors (Lipinski definition) is 0. The minimum absolute atomic E-state index is 0.504. The molecule has 0 saturated carbocycles. The Hall–Kier alpha value is -1.81. The van der Waals surface area contributed by atoms with E-state index in [9.17, 15) is 0 Å². The average molecular weight is 509 g/mol. The van der Waals surface area contributed by atoms with Crippen molar-refractivity contribution in [1.29, 1.82) is 0 Å². The highest BCUT2D eigenvalue weighted by molar-refractivity contribution is 6.85. The first-order valence-corrected chi connectivity index (χ1v) is 20.8. The van der Waals surface area contributed by atoms with Gasteiger partial charge >= 0.3 is 0 Å². The van der Waals surface area contributed by atoms with Gasteiger partial charge in [0.25, 0.3) is 0 Å². The number of benzene rings is 3. The van der Waals surface area contributed by atoms with Gasteiger partial charge in [-0.3, -0.25) is 0 Å². The molecule has 3 aromatic carbocycles. The molecule has 0 aliphatic carbocycles. The Kier molecular flexibility index (Phi) is 8.55. The average Bonchev–Trinajstić information content (AvgIpc) is 2.83. The molecule has 0 heterocycles. The molecular weight excluding hydrogens is 469 g/mol. The summed E-state index contributed by atoms with van der Waals surface area (Å²) in [6.07, 6.45) is 0. The van der Waals surface area contributed by atoms with Gasteiger partial charge in [-0.05, 0) is 61.8 Å². The second-order valence-corrected chi connectivity index (χ2v) is 22.3. The second-order valence-electron chi connectivity index (χ2n) is 10.8. The molecule has 3 aromatic rings. The maximum atomic E-state index is 7.01. The fourth-order valence-electron chi connectivity index (χ4n) is 4.13. The smallest absolute Gasteiger partial charge is 0.219 e. The van der Waals surface area contributed by atoms with E-state index in [-0.39, 0.29) is 0 Å². The normalized spacial score (nSPS) is 13.1. The van der Waals surface area contributed by atoms with Gasteiger partial charge in [-0.25, -0.2) is 0 Å². The largest absolute Gasteiger partial charge is 0.410 e. The van der Waals surface area contributed by atoms with Gasteiger partial charge in [0.1, 0.15) is 0 Å². The maximum absolute atomic E-state index is 7.01. The van der Waals surface area contributed by atoms with Gasteiger partial charge in [-0.2, -0.15) is 0 Å². The van der Waals surface area contributed by atoms with E-state index in [1.54, 1.807) is 0 Å². The summed E-state index contributed by atoms with van der Waals surface area (Å²) in [5.74, 6) is 0. The fourth-order valence-corrected chi connectivity index (χ4v) is 10.2. The van der Waals surface area contributed by atoms with Gasteiger partial charge in [0, 0.05) is 0 Å². The lowest BCUT2D eigenvalue weighted by Gasteiger charge is -2.41. The van der Waals surface area contributed by atoms with Crippen molar-refractivity contribution in [3.63, 3.8) is 0 Å². The Labute approximate surface area is 209 Å². The molecule has 0 unspecified atom stereocenters. The summed E-state index contributed by atoms with van der Waals surface area (Å²) in [6, 6.07) is 31.8. The quantitative estimate of drug-likeness (QED) is 0.336. The van der Waals surface area contributed by atoms with E-state index in [0.29, 0.717) is 13.2 Å². The molecule has 0 saturated heterocycles. The summed E-state index contributed by atoms with van der Waals surface area (Å²) in [5.41, 5.74) is -0.552. The highest BCUT2D eigenvalue weighted by Crippen LogP contribution is 2.23. The summed E-state index contributed by atoms with van der Waals surface area (Å²) in [4.78, 5) is 0. The monoisotopic (exact) mass is 508 g/mol. The molecule has 0 N–H and O–H groups in total. The Morgan fingerprint density at radius 1 is 0.500 bits per heavy atom. The van der Waals surface area contributed by atoms with Gasteiger partial charge in [0.2, 0.25) is 25.0 Å². The van der Waals surface area contributed by atoms with Crippen LogP contribution in [0.25, 0.3) is 0 Å². The van der Waals surface area contributed by atoms with E-state index >= 15 is 0 Å². The van der Waals surface area contributed by atoms with Crippen molar-refractivity contribution in [2.45, 2.75) is 51.8 Å². The van der Waals surface area contributed by atoms with E-state index in [4.69, 9.17) is 13.3 Å².